The molecule has 1 aromatic heterocycles. The van der Waals surface area contributed by atoms with E-state index >= 15 is 0 Å². The van der Waals surface area contributed by atoms with Gasteiger partial charge in [0.25, 0.3) is 0 Å². The summed E-state index contributed by atoms with van der Waals surface area (Å²) < 4.78 is 3.36. The first kappa shape index (κ1) is 27.8. The monoisotopic (exact) mass is 523 g/mol. The molecule has 0 spiro atoms. The van der Waals surface area contributed by atoms with E-state index in [0.29, 0.717) is 13.1 Å². The van der Waals surface area contributed by atoms with Gasteiger partial charge in [-0.15, -0.1) is 0 Å². The van der Waals surface area contributed by atoms with Gasteiger partial charge in [0.1, 0.15) is 5.82 Å². The van der Waals surface area contributed by atoms with E-state index in [1.54, 1.807) is 15.3 Å². The van der Waals surface area contributed by atoms with Gasteiger partial charge in [-0.05, 0) is 70.7 Å². The Hall–Kier alpha value is -4.19. The molecular formula is C33H37N3O3. The minimum Gasteiger partial charge on any atom is -0.478 e. The van der Waals surface area contributed by atoms with E-state index in [2.05, 4.69) is 69.3 Å². The second-order valence-electron chi connectivity index (χ2n) is 10.9. The third-order valence-corrected chi connectivity index (χ3v) is 6.93. The third-order valence-electron chi connectivity index (χ3n) is 6.93. The Morgan fingerprint density at radius 1 is 0.923 bits per heavy atom. The van der Waals surface area contributed by atoms with Crippen molar-refractivity contribution in [3.8, 4) is 11.1 Å². The highest BCUT2D eigenvalue weighted by Gasteiger charge is 2.15. The number of aryl methyl sites for hydroxylation is 2. The van der Waals surface area contributed by atoms with Crippen molar-refractivity contribution in [1.29, 1.82) is 0 Å². The SMILES string of the molecule is CCn1c(CCCc2ccc(-c3cccc(C=CC(=O)O)c3)cc2)nn(Cc2ccc(C(C)(C)C)cc2)c1=O. The zero-order chi connectivity index (χ0) is 28.0. The van der Waals surface area contributed by atoms with Crippen LogP contribution in [0.2, 0.25) is 0 Å². The molecule has 0 radical (unpaired) electrons. The Morgan fingerprint density at radius 2 is 1.62 bits per heavy atom. The van der Waals surface area contributed by atoms with Crippen LogP contribution in [0.5, 0.6) is 0 Å². The predicted octanol–water partition coefficient (Wildman–Crippen LogP) is 6.35. The lowest BCUT2D eigenvalue weighted by Gasteiger charge is -2.19. The van der Waals surface area contributed by atoms with E-state index in [4.69, 9.17) is 10.2 Å². The van der Waals surface area contributed by atoms with Crippen LogP contribution in [0.25, 0.3) is 17.2 Å². The van der Waals surface area contributed by atoms with Crippen LogP contribution in [-0.2, 0) is 36.1 Å². The summed E-state index contributed by atoms with van der Waals surface area (Å²) in [4.78, 5) is 23.8. The molecule has 0 saturated carbocycles. The number of carboxylic acids is 1. The number of carboxylic acid groups (broad SMARTS) is 1. The lowest BCUT2D eigenvalue weighted by molar-refractivity contribution is -0.131. The van der Waals surface area contributed by atoms with Crippen LogP contribution in [0, 0.1) is 0 Å². The molecule has 6 heteroatoms. The number of nitrogens with zero attached hydrogens (tertiary/aromatic N) is 3. The Bertz CT molecular complexity index is 1500. The first-order valence-corrected chi connectivity index (χ1v) is 13.5. The Labute approximate surface area is 230 Å². The number of aliphatic carboxylic acids is 1. The van der Waals surface area contributed by atoms with Crippen LogP contribution in [0.1, 0.15) is 62.2 Å². The fourth-order valence-electron chi connectivity index (χ4n) is 4.68. The van der Waals surface area contributed by atoms with Crippen LogP contribution in [0.3, 0.4) is 0 Å². The molecule has 0 fully saturated rings. The zero-order valence-electron chi connectivity index (χ0n) is 23.2. The summed E-state index contributed by atoms with van der Waals surface area (Å²) in [5, 5.41) is 13.6. The van der Waals surface area contributed by atoms with Gasteiger partial charge < -0.3 is 5.11 Å². The normalized spacial score (nSPS) is 11.8. The molecule has 39 heavy (non-hydrogen) atoms. The fourth-order valence-corrected chi connectivity index (χ4v) is 4.68. The summed E-state index contributed by atoms with van der Waals surface area (Å²) in [5.41, 5.74) is 6.58. The molecule has 0 unspecified atom stereocenters. The van der Waals surface area contributed by atoms with Crippen molar-refractivity contribution in [2.24, 2.45) is 0 Å². The molecule has 0 aliphatic rings. The minimum atomic E-state index is -0.960. The lowest BCUT2D eigenvalue weighted by Crippen LogP contribution is -2.25. The first-order valence-electron chi connectivity index (χ1n) is 13.5. The molecule has 0 saturated heterocycles. The van der Waals surface area contributed by atoms with E-state index in [-0.39, 0.29) is 11.1 Å². The molecule has 0 atom stereocenters. The van der Waals surface area contributed by atoms with Crippen molar-refractivity contribution in [3.63, 3.8) is 0 Å². The highest BCUT2D eigenvalue weighted by atomic mass is 16.4. The van der Waals surface area contributed by atoms with Crippen LogP contribution in [0.4, 0.5) is 0 Å². The van der Waals surface area contributed by atoms with Crippen molar-refractivity contribution in [2.75, 3.05) is 0 Å². The van der Waals surface area contributed by atoms with Gasteiger partial charge in [-0.25, -0.2) is 14.3 Å². The average Bonchev–Trinajstić information content (AvgIpc) is 3.21. The molecule has 6 nitrogen and oxygen atoms in total. The van der Waals surface area contributed by atoms with E-state index in [0.717, 1.165) is 53.4 Å². The van der Waals surface area contributed by atoms with Crippen molar-refractivity contribution in [1.82, 2.24) is 14.3 Å². The van der Waals surface area contributed by atoms with Gasteiger partial charge in [-0.1, -0.05) is 87.5 Å². The minimum absolute atomic E-state index is 0.0582. The number of aromatic nitrogens is 3. The molecule has 3 aromatic carbocycles. The Balaban J connectivity index is 1.38. The largest absolute Gasteiger partial charge is 0.478 e. The number of benzene rings is 3. The molecule has 1 N–H and O–H groups in total. The van der Waals surface area contributed by atoms with Crippen LogP contribution >= 0.6 is 0 Å². The second-order valence-corrected chi connectivity index (χ2v) is 10.9. The molecular weight excluding hydrogens is 486 g/mol. The molecule has 0 bridgehead atoms. The second kappa shape index (κ2) is 12.1. The third kappa shape index (κ3) is 7.23. The fraction of sp³-hybridized carbons (Fsp3) is 0.303. The lowest BCUT2D eigenvalue weighted by atomic mass is 9.87. The van der Waals surface area contributed by atoms with Gasteiger partial charge >= 0.3 is 11.7 Å². The number of carbonyl (C=O) groups is 1. The van der Waals surface area contributed by atoms with Crippen molar-refractivity contribution in [2.45, 2.75) is 65.5 Å². The predicted molar refractivity (Wildman–Crippen MR) is 157 cm³/mol. The molecule has 1 heterocycles. The molecule has 0 amide bonds. The Kier molecular flexibility index (Phi) is 8.65. The maximum atomic E-state index is 13.0. The highest BCUT2D eigenvalue weighted by molar-refractivity contribution is 5.85. The van der Waals surface area contributed by atoms with Gasteiger partial charge in [0, 0.05) is 19.0 Å². The smallest absolute Gasteiger partial charge is 0.346 e. The number of rotatable bonds is 10. The Morgan fingerprint density at radius 3 is 2.26 bits per heavy atom. The molecule has 0 aliphatic heterocycles. The van der Waals surface area contributed by atoms with Gasteiger partial charge in [-0.3, -0.25) is 4.57 Å². The van der Waals surface area contributed by atoms with Crippen molar-refractivity contribution >= 4 is 12.0 Å². The summed E-state index contributed by atoms with van der Waals surface area (Å²) in [6.07, 6.45) is 5.26. The van der Waals surface area contributed by atoms with Crippen LogP contribution in [0.15, 0.2) is 83.7 Å². The quantitative estimate of drug-likeness (QED) is 0.246. The molecule has 202 valence electrons. The molecule has 0 aliphatic carbocycles. The topological polar surface area (TPSA) is 77.1 Å². The maximum Gasteiger partial charge on any atom is 0.346 e. The van der Waals surface area contributed by atoms with Gasteiger partial charge in [-0.2, -0.15) is 5.10 Å². The maximum absolute atomic E-state index is 13.0. The summed E-state index contributed by atoms with van der Waals surface area (Å²) in [6.45, 7) is 9.64. The van der Waals surface area contributed by atoms with E-state index in [1.165, 1.54) is 11.1 Å². The zero-order valence-corrected chi connectivity index (χ0v) is 23.2. The van der Waals surface area contributed by atoms with Crippen LogP contribution < -0.4 is 5.69 Å². The van der Waals surface area contributed by atoms with E-state index in [9.17, 15) is 9.59 Å². The molecule has 4 rings (SSSR count). The highest BCUT2D eigenvalue weighted by Crippen LogP contribution is 2.23. The average molecular weight is 524 g/mol. The van der Waals surface area contributed by atoms with Crippen LogP contribution in [-0.4, -0.2) is 25.4 Å². The van der Waals surface area contributed by atoms with E-state index in [1.807, 2.05) is 31.2 Å². The standard InChI is InChI=1S/C33H37N3O3/c1-5-35-30(34-36(32(35)39)23-26-14-19-29(20-15-26)33(2,3)4)11-7-8-24-12-17-27(18-13-24)28-10-6-9-25(22-28)16-21-31(37)38/h6,9-10,12-22H,5,7-8,11,23H2,1-4H3,(H,37,38). The number of hydrogen-bond donors (Lipinski definition) is 1. The summed E-state index contributed by atoms with van der Waals surface area (Å²) >= 11 is 0. The summed E-state index contributed by atoms with van der Waals surface area (Å²) in [7, 11) is 0. The van der Waals surface area contributed by atoms with Crippen molar-refractivity contribution in [3.05, 3.63) is 117 Å². The van der Waals surface area contributed by atoms with Gasteiger partial charge in [0.2, 0.25) is 0 Å². The van der Waals surface area contributed by atoms with Gasteiger partial charge in [0.15, 0.2) is 0 Å². The van der Waals surface area contributed by atoms with Gasteiger partial charge in [0.05, 0.1) is 6.54 Å². The number of hydrogen-bond acceptors (Lipinski definition) is 3. The summed E-state index contributed by atoms with van der Waals surface area (Å²) in [5.74, 6) is -0.130. The van der Waals surface area contributed by atoms with E-state index < -0.39 is 5.97 Å². The van der Waals surface area contributed by atoms with Crippen molar-refractivity contribution < 1.29 is 9.90 Å². The first-order chi connectivity index (χ1) is 18.6. The molecule has 4 aromatic rings. The summed E-state index contributed by atoms with van der Waals surface area (Å²) in [6, 6.07) is 24.7.